The van der Waals surface area contributed by atoms with Crippen LogP contribution < -0.4 is 10.2 Å². The molecule has 1 aromatic carbocycles. The van der Waals surface area contributed by atoms with Crippen molar-refractivity contribution >= 4 is 23.1 Å². The number of nitrogens with zero attached hydrogens (tertiary/aromatic N) is 2. The van der Waals surface area contributed by atoms with Gasteiger partial charge in [-0.1, -0.05) is 12.1 Å². The second-order valence-electron chi connectivity index (χ2n) is 6.95. The van der Waals surface area contributed by atoms with Crippen LogP contribution in [0.2, 0.25) is 0 Å². The number of nitrogens with one attached hydrogen (secondary N) is 2. The van der Waals surface area contributed by atoms with E-state index in [0.717, 1.165) is 36.4 Å². The standard InChI is InChI=1S/C17H24N4O2/c1-17(2,3)23-16(22)18-11-12-7-6-10-21(12)15-19-13-8-4-5-9-14(13)20-15/h4-5,8-9,12H,6-7,10-11H2,1-3H3,(H,18,22)(H,19,20)/t12-/m0/s1. The number of amides is 1. The molecule has 1 amide bonds. The van der Waals surface area contributed by atoms with Gasteiger partial charge in [-0.05, 0) is 45.7 Å². The molecule has 0 spiro atoms. The molecule has 1 saturated heterocycles. The van der Waals surface area contributed by atoms with Crippen molar-refractivity contribution in [2.75, 3.05) is 18.0 Å². The van der Waals surface area contributed by atoms with E-state index in [1.54, 1.807) is 0 Å². The molecule has 2 aromatic rings. The molecule has 0 bridgehead atoms. The van der Waals surface area contributed by atoms with E-state index in [4.69, 9.17) is 4.74 Å². The van der Waals surface area contributed by atoms with E-state index in [1.165, 1.54) is 0 Å². The molecule has 3 rings (SSSR count). The van der Waals surface area contributed by atoms with E-state index >= 15 is 0 Å². The summed E-state index contributed by atoms with van der Waals surface area (Å²) in [4.78, 5) is 22.1. The van der Waals surface area contributed by atoms with E-state index in [0.29, 0.717) is 6.54 Å². The van der Waals surface area contributed by atoms with Crippen molar-refractivity contribution < 1.29 is 9.53 Å². The average Bonchev–Trinajstić information content (AvgIpc) is 3.09. The first kappa shape index (κ1) is 15.6. The Morgan fingerprint density at radius 2 is 2.22 bits per heavy atom. The Kier molecular flexibility index (Phi) is 4.15. The van der Waals surface area contributed by atoms with Crippen molar-refractivity contribution in [2.24, 2.45) is 0 Å². The Hall–Kier alpha value is -2.24. The summed E-state index contributed by atoms with van der Waals surface area (Å²) in [5, 5.41) is 2.87. The van der Waals surface area contributed by atoms with Crippen LogP contribution in [0.15, 0.2) is 24.3 Å². The molecule has 124 valence electrons. The van der Waals surface area contributed by atoms with Gasteiger partial charge < -0.3 is 19.9 Å². The maximum atomic E-state index is 11.8. The highest BCUT2D eigenvalue weighted by atomic mass is 16.6. The minimum absolute atomic E-state index is 0.239. The van der Waals surface area contributed by atoms with Gasteiger partial charge in [0.25, 0.3) is 0 Å². The smallest absolute Gasteiger partial charge is 0.407 e. The van der Waals surface area contributed by atoms with Crippen molar-refractivity contribution in [1.29, 1.82) is 0 Å². The van der Waals surface area contributed by atoms with Crippen LogP contribution in [0.5, 0.6) is 0 Å². The fourth-order valence-corrected chi connectivity index (χ4v) is 2.92. The summed E-state index contributed by atoms with van der Waals surface area (Å²) >= 11 is 0. The van der Waals surface area contributed by atoms with Gasteiger partial charge in [-0.3, -0.25) is 0 Å². The Morgan fingerprint density at radius 1 is 1.43 bits per heavy atom. The maximum Gasteiger partial charge on any atom is 0.407 e. The van der Waals surface area contributed by atoms with Crippen molar-refractivity contribution in [2.45, 2.75) is 45.3 Å². The number of aromatic nitrogens is 2. The minimum Gasteiger partial charge on any atom is -0.444 e. The Bertz CT molecular complexity index is 656. The van der Waals surface area contributed by atoms with Gasteiger partial charge in [0.2, 0.25) is 5.95 Å². The summed E-state index contributed by atoms with van der Waals surface area (Å²) in [7, 11) is 0. The molecule has 1 atom stereocenters. The van der Waals surface area contributed by atoms with Gasteiger partial charge >= 0.3 is 6.09 Å². The van der Waals surface area contributed by atoms with Gasteiger partial charge in [-0.2, -0.15) is 0 Å². The van der Waals surface area contributed by atoms with E-state index in [-0.39, 0.29) is 12.1 Å². The van der Waals surface area contributed by atoms with Crippen molar-refractivity contribution in [1.82, 2.24) is 15.3 Å². The molecular weight excluding hydrogens is 292 g/mol. The molecule has 1 aliphatic rings. The van der Waals surface area contributed by atoms with Crippen LogP contribution in [0.1, 0.15) is 33.6 Å². The molecule has 6 nitrogen and oxygen atoms in total. The quantitative estimate of drug-likeness (QED) is 0.913. The second-order valence-corrected chi connectivity index (χ2v) is 6.95. The molecule has 23 heavy (non-hydrogen) atoms. The zero-order valence-electron chi connectivity index (χ0n) is 13.9. The first-order chi connectivity index (χ1) is 10.9. The number of rotatable bonds is 3. The number of H-pyrrole nitrogens is 1. The molecule has 1 aliphatic heterocycles. The fraction of sp³-hybridized carbons (Fsp3) is 0.529. The lowest BCUT2D eigenvalue weighted by Crippen LogP contribution is -2.42. The summed E-state index contributed by atoms with van der Waals surface area (Å²) in [5.74, 6) is 0.875. The number of benzene rings is 1. The average molecular weight is 316 g/mol. The summed E-state index contributed by atoms with van der Waals surface area (Å²) < 4.78 is 5.29. The number of fused-ring (bicyclic) bond motifs is 1. The largest absolute Gasteiger partial charge is 0.444 e. The Labute approximate surface area is 136 Å². The Morgan fingerprint density at radius 3 is 2.96 bits per heavy atom. The number of alkyl carbamates (subject to hydrolysis) is 1. The van der Waals surface area contributed by atoms with E-state index in [2.05, 4.69) is 20.2 Å². The Balaban J connectivity index is 1.65. The number of carbonyl (C=O) groups is 1. The third kappa shape index (κ3) is 3.75. The minimum atomic E-state index is -0.474. The van der Waals surface area contributed by atoms with Gasteiger partial charge in [0.1, 0.15) is 5.60 Å². The molecule has 0 radical (unpaired) electrons. The van der Waals surface area contributed by atoms with E-state index < -0.39 is 5.60 Å². The molecule has 0 unspecified atom stereocenters. The predicted molar refractivity (Wildman–Crippen MR) is 90.7 cm³/mol. The number of aromatic amines is 1. The number of ether oxygens (including phenoxy) is 1. The number of hydrogen-bond acceptors (Lipinski definition) is 4. The summed E-state index contributed by atoms with van der Waals surface area (Å²) in [5.41, 5.74) is 1.53. The number of anilines is 1. The number of carbonyl (C=O) groups excluding carboxylic acids is 1. The fourth-order valence-electron chi connectivity index (χ4n) is 2.92. The van der Waals surface area contributed by atoms with Crippen LogP contribution in [0, 0.1) is 0 Å². The lowest BCUT2D eigenvalue weighted by molar-refractivity contribution is 0.0525. The topological polar surface area (TPSA) is 70.2 Å². The molecule has 0 saturated carbocycles. The maximum absolute atomic E-state index is 11.8. The van der Waals surface area contributed by atoms with Crippen LogP contribution in [0.4, 0.5) is 10.7 Å². The lowest BCUT2D eigenvalue weighted by Gasteiger charge is -2.25. The third-order valence-electron chi connectivity index (χ3n) is 3.91. The lowest BCUT2D eigenvalue weighted by atomic mass is 10.2. The molecule has 6 heteroatoms. The van der Waals surface area contributed by atoms with Crippen molar-refractivity contribution in [3.63, 3.8) is 0 Å². The predicted octanol–water partition coefficient (Wildman–Crippen LogP) is 3.06. The van der Waals surface area contributed by atoms with E-state index in [1.807, 2.05) is 45.0 Å². The third-order valence-corrected chi connectivity index (χ3v) is 3.91. The molecule has 2 heterocycles. The molecule has 1 aromatic heterocycles. The van der Waals surface area contributed by atoms with Crippen LogP contribution in [0.3, 0.4) is 0 Å². The molecule has 0 aliphatic carbocycles. The normalized spacial score (nSPS) is 18.4. The first-order valence-corrected chi connectivity index (χ1v) is 8.11. The van der Waals surface area contributed by atoms with Crippen molar-refractivity contribution in [3.8, 4) is 0 Å². The van der Waals surface area contributed by atoms with Gasteiger partial charge in [-0.25, -0.2) is 9.78 Å². The zero-order valence-corrected chi connectivity index (χ0v) is 13.9. The van der Waals surface area contributed by atoms with Crippen LogP contribution in [0.25, 0.3) is 11.0 Å². The second kappa shape index (κ2) is 6.10. The van der Waals surface area contributed by atoms with Crippen LogP contribution >= 0.6 is 0 Å². The van der Waals surface area contributed by atoms with Crippen molar-refractivity contribution in [3.05, 3.63) is 24.3 Å². The van der Waals surface area contributed by atoms with Crippen LogP contribution in [-0.4, -0.2) is 40.8 Å². The SMILES string of the molecule is CC(C)(C)OC(=O)NC[C@@H]1CCCN1c1nc2ccccc2[nH]1. The zero-order chi connectivity index (χ0) is 16.4. The highest BCUT2D eigenvalue weighted by Gasteiger charge is 2.28. The monoisotopic (exact) mass is 316 g/mol. The molecule has 2 N–H and O–H groups in total. The highest BCUT2D eigenvalue weighted by molar-refractivity contribution is 5.77. The first-order valence-electron chi connectivity index (χ1n) is 8.11. The summed E-state index contributed by atoms with van der Waals surface area (Å²) in [6.07, 6.45) is 1.76. The number of para-hydroxylation sites is 2. The van der Waals surface area contributed by atoms with Gasteiger partial charge in [-0.15, -0.1) is 0 Å². The van der Waals surface area contributed by atoms with Gasteiger partial charge in [0.15, 0.2) is 0 Å². The van der Waals surface area contributed by atoms with Gasteiger partial charge in [0.05, 0.1) is 11.0 Å². The summed E-state index contributed by atoms with van der Waals surface area (Å²) in [6, 6.07) is 8.24. The van der Waals surface area contributed by atoms with E-state index in [9.17, 15) is 4.79 Å². The number of imidazole rings is 1. The van der Waals surface area contributed by atoms with Crippen LogP contribution in [-0.2, 0) is 4.74 Å². The highest BCUT2D eigenvalue weighted by Crippen LogP contribution is 2.25. The summed E-state index contributed by atoms with van der Waals surface area (Å²) in [6.45, 7) is 7.10. The number of hydrogen-bond donors (Lipinski definition) is 2. The van der Waals surface area contributed by atoms with Gasteiger partial charge in [0, 0.05) is 19.1 Å². The molecule has 1 fully saturated rings. The molecular formula is C17H24N4O2.